The zero-order valence-corrected chi connectivity index (χ0v) is 12.2. The molecule has 3 unspecified atom stereocenters. The molecule has 2 rings (SSSR count). The zero-order chi connectivity index (χ0) is 12.8. The Hall–Kier alpha value is -0.470. The van der Waals surface area contributed by atoms with E-state index in [0.29, 0.717) is 0 Å². The first-order valence-corrected chi connectivity index (χ1v) is 8.26. The maximum Gasteiger partial charge on any atom is 0.00931 e. The molecule has 0 bridgehead atoms. The van der Waals surface area contributed by atoms with Gasteiger partial charge in [0.1, 0.15) is 0 Å². The minimum atomic E-state index is 0.738. The minimum Gasteiger partial charge on any atom is -0.330 e. The monoisotopic (exact) mass is 263 g/mol. The lowest BCUT2D eigenvalue weighted by Gasteiger charge is -2.35. The molecule has 0 heterocycles. The topological polar surface area (TPSA) is 26.0 Å². The summed E-state index contributed by atoms with van der Waals surface area (Å²) in [6, 6.07) is 11.0. The van der Waals surface area contributed by atoms with Gasteiger partial charge < -0.3 is 5.73 Å². The van der Waals surface area contributed by atoms with E-state index in [9.17, 15) is 0 Å². The molecule has 1 nitrogen and oxygen atoms in total. The van der Waals surface area contributed by atoms with E-state index in [1.807, 2.05) is 0 Å². The van der Waals surface area contributed by atoms with Crippen LogP contribution >= 0.6 is 11.8 Å². The Morgan fingerprint density at radius 1 is 1.22 bits per heavy atom. The normalized spacial score (nSPS) is 28.2. The van der Waals surface area contributed by atoms with Crippen LogP contribution in [0.25, 0.3) is 0 Å². The molecule has 1 aliphatic rings. The van der Waals surface area contributed by atoms with Gasteiger partial charge in [-0.15, -0.1) is 0 Å². The average Bonchev–Trinajstić information content (AvgIpc) is 2.45. The molecule has 1 aromatic carbocycles. The molecule has 100 valence electrons. The third-order valence-electron chi connectivity index (χ3n) is 4.04. The predicted molar refractivity (Wildman–Crippen MR) is 82.1 cm³/mol. The van der Waals surface area contributed by atoms with Crippen molar-refractivity contribution in [3.63, 3.8) is 0 Å². The minimum absolute atomic E-state index is 0.738. The summed E-state index contributed by atoms with van der Waals surface area (Å²) in [6.07, 6.45) is 5.21. The fraction of sp³-hybridized carbons (Fsp3) is 0.625. The second-order valence-electron chi connectivity index (χ2n) is 5.33. The van der Waals surface area contributed by atoms with E-state index in [2.05, 4.69) is 49.0 Å². The van der Waals surface area contributed by atoms with Crippen molar-refractivity contribution in [2.75, 3.05) is 12.3 Å². The van der Waals surface area contributed by atoms with Crippen molar-refractivity contribution in [3.05, 3.63) is 35.9 Å². The lowest BCUT2D eigenvalue weighted by Crippen LogP contribution is -2.32. The molecular weight excluding hydrogens is 238 g/mol. The summed E-state index contributed by atoms with van der Waals surface area (Å²) >= 11 is 2.15. The fourth-order valence-corrected chi connectivity index (χ4v) is 4.39. The number of nitrogens with two attached hydrogens (primary N) is 1. The van der Waals surface area contributed by atoms with E-state index in [0.717, 1.165) is 23.6 Å². The molecule has 0 saturated heterocycles. The van der Waals surface area contributed by atoms with Gasteiger partial charge in [-0.1, -0.05) is 37.3 Å². The number of thioether (sulfide) groups is 1. The van der Waals surface area contributed by atoms with Crippen molar-refractivity contribution in [1.29, 1.82) is 0 Å². The standard InChI is InChI=1S/C16H25NS/c1-2-10-18-16-11-14(8-9-15(16)12-17)13-6-4-3-5-7-13/h3-7,14-16H,2,8-12,17H2,1H3. The van der Waals surface area contributed by atoms with Crippen molar-refractivity contribution < 1.29 is 0 Å². The highest BCUT2D eigenvalue weighted by atomic mass is 32.2. The molecular formula is C16H25NS. The van der Waals surface area contributed by atoms with E-state index in [4.69, 9.17) is 5.73 Å². The molecule has 0 aromatic heterocycles. The Balaban J connectivity index is 2.00. The molecule has 0 radical (unpaired) electrons. The van der Waals surface area contributed by atoms with Crippen LogP contribution in [-0.4, -0.2) is 17.5 Å². The van der Waals surface area contributed by atoms with Crippen LogP contribution in [-0.2, 0) is 0 Å². The summed E-state index contributed by atoms with van der Waals surface area (Å²) in [4.78, 5) is 0. The summed E-state index contributed by atoms with van der Waals surface area (Å²) in [5, 5.41) is 0.772. The van der Waals surface area contributed by atoms with Gasteiger partial charge in [-0.05, 0) is 55.4 Å². The molecule has 1 aliphatic carbocycles. The van der Waals surface area contributed by atoms with Crippen LogP contribution in [0.1, 0.15) is 44.1 Å². The first kappa shape index (κ1) is 14.0. The van der Waals surface area contributed by atoms with Crippen LogP contribution in [0.5, 0.6) is 0 Å². The van der Waals surface area contributed by atoms with Crippen molar-refractivity contribution in [2.45, 2.75) is 43.8 Å². The molecule has 0 aliphatic heterocycles. The lowest BCUT2D eigenvalue weighted by molar-refractivity contribution is 0.344. The Morgan fingerprint density at radius 3 is 2.67 bits per heavy atom. The van der Waals surface area contributed by atoms with Gasteiger partial charge in [0.05, 0.1) is 0 Å². The summed E-state index contributed by atoms with van der Waals surface area (Å²) in [5.41, 5.74) is 7.46. The average molecular weight is 263 g/mol. The van der Waals surface area contributed by atoms with E-state index < -0.39 is 0 Å². The Labute approximate surface area is 116 Å². The highest BCUT2D eigenvalue weighted by molar-refractivity contribution is 7.99. The van der Waals surface area contributed by atoms with Crippen molar-refractivity contribution in [2.24, 2.45) is 11.7 Å². The van der Waals surface area contributed by atoms with Crippen LogP contribution in [0.15, 0.2) is 30.3 Å². The largest absolute Gasteiger partial charge is 0.330 e. The Morgan fingerprint density at radius 2 is 2.00 bits per heavy atom. The second kappa shape index (κ2) is 7.20. The van der Waals surface area contributed by atoms with Crippen LogP contribution in [0.4, 0.5) is 0 Å². The summed E-state index contributed by atoms with van der Waals surface area (Å²) in [5.74, 6) is 2.77. The van der Waals surface area contributed by atoms with Crippen LogP contribution in [0.3, 0.4) is 0 Å². The summed E-state index contributed by atoms with van der Waals surface area (Å²) in [7, 11) is 0. The maximum atomic E-state index is 5.94. The van der Waals surface area contributed by atoms with E-state index in [-0.39, 0.29) is 0 Å². The number of benzene rings is 1. The first-order chi connectivity index (χ1) is 8.85. The molecule has 3 atom stereocenters. The number of hydrogen-bond donors (Lipinski definition) is 1. The van der Waals surface area contributed by atoms with Gasteiger partial charge in [-0.25, -0.2) is 0 Å². The maximum absolute atomic E-state index is 5.94. The first-order valence-electron chi connectivity index (χ1n) is 7.21. The third-order valence-corrected chi connectivity index (χ3v) is 5.69. The molecule has 18 heavy (non-hydrogen) atoms. The van der Waals surface area contributed by atoms with E-state index in [1.165, 1.54) is 37.0 Å². The predicted octanol–water partition coefficient (Wildman–Crippen LogP) is 4.04. The van der Waals surface area contributed by atoms with Gasteiger partial charge in [0.25, 0.3) is 0 Å². The second-order valence-corrected chi connectivity index (χ2v) is 6.67. The molecule has 0 spiro atoms. The number of rotatable bonds is 5. The number of hydrogen-bond acceptors (Lipinski definition) is 2. The highest BCUT2D eigenvalue weighted by Crippen LogP contribution is 2.41. The van der Waals surface area contributed by atoms with Crippen molar-refractivity contribution in [1.82, 2.24) is 0 Å². The molecule has 0 amide bonds. The van der Waals surface area contributed by atoms with Gasteiger partial charge in [0, 0.05) is 5.25 Å². The van der Waals surface area contributed by atoms with Gasteiger partial charge >= 0.3 is 0 Å². The summed E-state index contributed by atoms with van der Waals surface area (Å²) < 4.78 is 0. The molecule has 1 aromatic rings. The van der Waals surface area contributed by atoms with Crippen molar-refractivity contribution >= 4 is 11.8 Å². The highest BCUT2D eigenvalue weighted by Gasteiger charge is 2.30. The molecule has 2 N–H and O–H groups in total. The van der Waals surface area contributed by atoms with Crippen molar-refractivity contribution in [3.8, 4) is 0 Å². The summed E-state index contributed by atoms with van der Waals surface area (Å²) in [6.45, 7) is 3.13. The van der Waals surface area contributed by atoms with Gasteiger partial charge in [-0.3, -0.25) is 0 Å². The van der Waals surface area contributed by atoms with Crippen LogP contribution in [0, 0.1) is 5.92 Å². The molecule has 1 saturated carbocycles. The quantitative estimate of drug-likeness (QED) is 0.867. The van der Waals surface area contributed by atoms with Gasteiger partial charge in [0.15, 0.2) is 0 Å². The molecule has 2 heteroatoms. The Kier molecular flexibility index (Phi) is 5.58. The lowest BCUT2D eigenvalue weighted by atomic mass is 9.78. The molecule has 1 fully saturated rings. The van der Waals surface area contributed by atoms with E-state index >= 15 is 0 Å². The zero-order valence-electron chi connectivity index (χ0n) is 11.3. The fourth-order valence-electron chi connectivity index (χ4n) is 2.96. The van der Waals surface area contributed by atoms with Gasteiger partial charge in [0.2, 0.25) is 0 Å². The smallest absolute Gasteiger partial charge is 0.00931 e. The van der Waals surface area contributed by atoms with Crippen LogP contribution in [0.2, 0.25) is 0 Å². The third kappa shape index (κ3) is 3.52. The van der Waals surface area contributed by atoms with E-state index in [1.54, 1.807) is 0 Å². The SMILES string of the molecule is CCCSC1CC(c2ccccc2)CCC1CN. The van der Waals surface area contributed by atoms with Crippen LogP contribution < -0.4 is 5.73 Å². The Bertz CT molecular complexity index is 338. The van der Waals surface area contributed by atoms with Gasteiger partial charge in [-0.2, -0.15) is 11.8 Å².